The lowest BCUT2D eigenvalue weighted by Crippen LogP contribution is -2.30. The van der Waals surface area contributed by atoms with Gasteiger partial charge in [0.2, 0.25) is 0 Å². The Morgan fingerprint density at radius 1 is 0.294 bits per heavy atom. The molecule has 0 aliphatic heterocycles. The van der Waals surface area contributed by atoms with Gasteiger partial charge in [-0.1, -0.05) is 263 Å². The molecule has 0 amide bonds. The fraction of sp³-hybridized carbons (Fsp3) is 0.855. The van der Waals surface area contributed by atoms with E-state index in [0.717, 1.165) is 70.6 Å². The summed E-state index contributed by atoms with van der Waals surface area (Å²) in [7, 11) is 0. The van der Waals surface area contributed by atoms with Crippen molar-refractivity contribution in [3.05, 3.63) is 36.5 Å². The van der Waals surface area contributed by atoms with Gasteiger partial charge in [0.15, 0.2) is 6.10 Å². The van der Waals surface area contributed by atoms with Crippen LogP contribution in [0, 0.1) is 0 Å². The minimum atomic E-state index is -0.774. The summed E-state index contributed by atoms with van der Waals surface area (Å²) in [6.45, 7) is 6.65. The highest BCUT2D eigenvalue weighted by atomic mass is 16.6. The van der Waals surface area contributed by atoms with Gasteiger partial charge in [0.05, 0.1) is 0 Å². The van der Waals surface area contributed by atoms with Crippen molar-refractivity contribution < 1.29 is 28.6 Å². The van der Waals surface area contributed by atoms with Crippen LogP contribution in [0.1, 0.15) is 323 Å². The second kappa shape index (κ2) is 57.2. The average Bonchev–Trinajstić information content (AvgIpc) is 3.34. The van der Waals surface area contributed by atoms with Crippen molar-refractivity contribution in [1.29, 1.82) is 0 Å². The number of hydrogen-bond donors (Lipinski definition) is 0. The number of hydrogen-bond acceptors (Lipinski definition) is 6. The molecule has 0 radical (unpaired) electrons. The van der Waals surface area contributed by atoms with Crippen molar-refractivity contribution in [1.82, 2.24) is 0 Å². The summed E-state index contributed by atoms with van der Waals surface area (Å²) >= 11 is 0. The second-order valence-corrected chi connectivity index (χ2v) is 20.3. The van der Waals surface area contributed by atoms with Gasteiger partial charge in [0, 0.05) is 19.3 Å². The standard InChI is InChI=1S/C62H114O6/c1-4-7-10-13-16-19-22-24-26-28-29-30-31-32-33-34-36-37-40-43-46-49-52-55-61(64)67-58-59(57-66-60(63)54-51-48-45-42-39-21-18-15-12-9-6-3)68-62(65)56-53-50-47-44-41-38-35-27-25-23-20-17-14-11-8-5-2/h22,24,27-29,35,59H,4-21,23,25-26,30-34,36-58H2,1-3H3/b24-22-,29-28-,35-27-. The molecule has 0 saturated heterocycles. The molecule has 6 heteroatoms. The number of rotatable bonds is 55. The Morgan fingerprint density at radius 2 is 0.529 bits per heavy atom. The fourth-order valence-corrected chi connectivity index (χ4v) is 8.82. The van der Waals surface area contributed by atoms with E-state index in [1.165, 1.54) is 212 Å². The molecule has 0 heterocycles. The SMILES string of the molecule is CCCCCCC/C=C\C/C=C\CCCCCCCCCCCCCC(=O)OCC(COC(=O)CCCCCCCCCCCCC)OC(=O)CCCCCCC/C=C\CCCCCCCCC. The van der Waals surface area contributed by atoms with Gasteiger partial charge in [-0.2, -0.15) is 0 Å². The van der Waals surface area contributed by atoms with Crippen LogP contribution in [0.2, 0.25) is 0 Å². The van der Waals surface area contributed by atoms with E-state index < -0.39 is 6.10 Å². The molecule has 0 saturated carbocycles. The van der Waals surface area contributed by atoms with E-state index in [1.807, 2.05) is 0 Å². The van der Waals surface area contributed by atoms with E-state index in [4.69, 9.17) is 14.2 Å². The molecule has 0 bridgehead atoms. The predicted molar refractivity (Wildman–Crippen MR) is 293 cm³/mol. The van der Waals surface area contributed by atoms with Crippen LogP contribution in [0.5, 0.6) is 0 Å². The lowest BCUT2D eigenvalue weighted by atomic mass is 10.0. The van der Waals surface area contributed by atoms with Crippen LogP contribution in [0.4, 0.5) is 0 Å². The first-order chi connectivity index (χ1) is 33.5. The molecule has 68 heavy (non-hydrogen) atoms. The molecular formula is C62H114O6. The van der Waals surface area contributed by atoms with Crippen molar-refractivity contribution in [3.8, 4) is 0 Å². The molecule has 1 atom stereocenters. The molecule has 6 nitrogen and oxygen atoms in total. The monoisotopic (exact) mass is 955 g/mol. The first-order valence-corrected chi connectivity index (χ1v) is 30.0. The molecule has 0 aromatic carbocycles. The summed E-state index contributed by atoms with van der Waals surface area (Å²) < 4.78 is 16.9. The van der Waals surface area contributed by atoms with Crippen LogP contribution in [0.3, 0.4) is 0 Å². The summed E-state index contributed by atoms with van der Waals surface area (Å²) in [6.07, 6.45) is 68.6. The number of ether oxygens (including phenoxy) is 3. The molecule has 0 rings (SSSR count). The number of unbranched alkanes of at least 4 members (excludes halogenated alkanes) is 38. The van der Waals surface area contributed by atoms with E-state index in [-0.39, 0.29) is 31.1 Å². The highest BCUT2D eigenvalue weighted by Crippen LogP contribution is 2.16. The minimum absolute atomic E-state index is 0.0723. The summed E-state index contributed by atoms with van der Waals surface area (Å²) in [5, 5.41) is 0. The van der Waals surface area contributed by atoms with E-state index in [1.54, 1.807) is 0 Å². The Bertz CT molecular complexity index is 1140. The quantitative estimate of drug-likeness (QED) is 0.0262. The van der Waals surface area contributed by atoms with Crippen molar-refractivity contribution in [2.24, 2.45) is 0 Å². The van der Waals surface area contributed by atoms with Gasteiger partial charge >= 0.3 is 17.9 Å². The Labute approximate surface area is 423 Å². The first-order valence-electron chi connectivity index (χ1n) is 30.0. The Hall–Kier alpha value is -2.37. The molecule has 0 aromatic heterocycles. The van der Waals surface area contributed by atoms with E-state index in [9.17, 15) is 14.4 Å². The van der Waals surface area contributed by atoms with Crippen LogP contribution in [0.25, 0.3) is 0 Å². The van der Waals surface area contributed by atoms with E-state index in [2.05, 4.69) is 57.2 Å². The topological polar surface area (TPSA) is 78.9 Å². The van der Waals surface area contributed by atoms with Gasteiger partial charge in [-0.3, -0.25) is 14.4 Å². The number of carbonyl (C=O) groups excluding carboxylic acids is 3. The average molecular weight is 956 g/mol. The lowest BCUT2D eigenvalue weighted by Gasteiger charge is -2.18. The molecule has 0 spiro atoms. The van der Waals surface area contributed by atoms with Gasteiger partial charge in [-0.05, 0) is 77.0 Å². The van der Waals surface area contributed by atoms with Gasteiger partial charge in [-0.25, -0.2) is 0 Å². The molecular weight excluding hydrogens is 841 g/mol. The molecule has 0 aromatic rings. The molecule has 0 N–H and O–H groups in total. The Kier molecular flexibility index (Phi) is 55.2. The minimum Gasteiger partial charge on any atom is -0.462 e. The highest BCUT2D eigenvalue weighted by molar-refractivity contribution is 5.71. The fourth-order valence-electron chi connectivity index (χ4n) is 8.82. The molecule has 0 aliphatic carbocycles. The summed E-state index contributed by atoms with van der Waals surface area (Å²) in [4.78, 5) is 38.1. The normalized spacial score (nSPS) is 12.2. The summed E-state index contributed by atoms with van der Waals surface area (Å²) in [5.41, 5.74) is 0. The van der Waals surface area contributed by atoms with Gasteiger partial charge in [-0.15, -0.1) is 0 Å². The maximum Gasteiger partial charge on any atom is 0.306 e. The van der Waals surface area contributed by atoms with Gasteiger partial charge in [0.1, 0.15) is 13.2 Å². The van der Waals surface area contributed by atoms with Crippen LogP contribution in [0.15, 0.2) is 36.5 Å². The number of esters is 3. The van der Waals surface area contributed by atoms with Crippen molar-refractivity contribution in [2.45, 2.75) is 329 Å². The lowest BCUT2D eigenvalue weighted by molar-refractivity contribution is -0.167. The van der Waals surface area contributed by atoms with E-state index >= 15 is 0 Å². The second-order valence-electron chi connectivity index (χ2n) is 20.3. The van der Waals surface area contributed by atoms with Crippen molar-refractivity contribution in [2.75, 3.05) is 13.2 Å². The van der Waals surface area contributed by atoms with Gasteiger partial charge < -0.3 is 14.2 Å². The largest absolute Gasteiger partial charge is 0.462 e. The Morgan fingerprint density at radius 3 is 0.824 bits per heavy atom. The van der Waals surface area contributed by atoms with Gasteiger partial charge in [0.25, 0.3) is 0 Å². The Balaban J connectivity index is 4.26. The molecule has 0 fully saturated rings. The maximum absolute atomic E-state index is 12.8. The van der Waals surface area contributed by atoms with Crippen LogP contribution in [-0.4, -0.2) is 37.2 Å². The zero-order chi connectivity index (χ0) is 49.3. The van der Waals surface area contributed by atoms with Crippen LogP contribution >= 0.6 is 0 Å². The summed E-state index contributed by atoms with van der Waals surface area (Å²) in [5.74, 6) is -0.866. The number of allylic oxidation sites excluding steroid dienone is 6. The van der Waals surface area contributed by atoms with Crippen molar-refractivity contribution >= 4 is 17.9 Å². The van der Waals surface area contributed by atoms with E-state index in [0.29, 0.717) is 19.3 Å². The highest BCUT2D eigenvalue weighted by Gasteiger charge is 2.19. The van der Waals surface area contributed by atoms with Crippen LogP contribution in [-0.2, 0) is 28.6 Å². The van der Waals surface area contributed by atoms with Crippen LogP contribution < -0.4 is 0 Å². The van der Waals surface area contributed by atoms with Crippen molar-refractivity contribution in [3.63, 3.8) is 0 Å². The third-order valence-corrected chi connectivity index (χ3v) is 13.4. The maximum atomic E-state index is 12.8. The third kappa shape index (κ3) is 54.6. The molecule has 1 unspecified atom stereocenters. The smallest absolute Gasteiger partial charge is 0.306 e. The first kappa shape index (κ1) is 65.6. The zero-order valence-electron chi connectivity index (χ0n) is 45.6. The zero-order valence-corrected chi connectivity index (χ0v) is 45.6. The predicted octanol–water partition coefficient (Wildman–Crippen LogP) is 20.0. The third-order valence-electron chi connectivity index (χ3n) is 13.4. The number of carbonyl (C=O) groups is 3. The molecule has 398 valence electrons. The summed E-state index contributed by atoms with van der Waals surface area (Å²) in [6, 6.07) is 0. The molecule has 0 aliphatic rings.